The Morgan fingerprint density at radius 1 is 1.33 bits per heavy atom. The number of ether oxygens (including phenoxy) is 1. The number of carbonyl (C=O) groups is 2. The van der Waals surface area contributed by atoms with Gasteiger partial charge in [0, 0.05) is 38.4 Å². The SMILES string of the molecule is C[C@H]1CN([C@@H](C)CO)C(=O)c2cc(NC(=O)Cn3cnnn3)ccc2O[C@@H]1CN(C)S(=O)(=O)c1cn(C)cn1. The lowest BCUT2D eigenvalue weighted by Gasteiger charge is -2.38. The summed E-state index contributed by atoms with van der Waals surface area (Å²) in [6.07, 6.45) is 3.49. The van der Waals surface area contributed by atoms with Crippen LogP contribution in [0.3, 0.4) is 0 Å². The molecule has 0 spiro atoms. The van der Waals surface area contributed by atoms with E-state index in [9.17, 15) is 23.1 Å². The van der Waals surface area contributed by atoms with Crippen LogP contribution in [-0.4, -0.2) is 103 Å². The van der Waals surface area contributed by atoms with Crippen molar-refractivity contribution in [3.8, 4) is 5.75 Å². The topological polar surface area (TPSA) is 178 Å². The number of benzene rings is 1. The lowest BCUT2D eigenvalue weighted by atomic mass is 9.99. The normalized spacial score (nSPS) is 18.7. The molecule has 0 saturated heterocycles. The Morgan fingerprint density at radius 2 is 2.10 bits per heavy atom. The molecule has 3 aromatic rings. The van der Waals surface area contributed by atoms with E-state index in [4.69, 9.17) is 4.74 Å². The lowest BCUT2D eigenvalue weighted by molar-refractivity contribution is -0.116. The van der Waals surface area contributed by atoms with E-state index >= 15 is 0 Å². The van der Waals surface area contributed by atoms with E-state index in [0.29, 0.717) is 5.69 Å². The Hall–Kier alpha value is -3.89. The smallest absolute Gasteiger partial charge is 0.261 e. The largest absolute Gasteiger partial charge is 0.488 e. The first kappa shape index (κ1) is 28.1. The Kier molecular flexibility index (Phi) is 8.27. The van der Waals surface area contributed by atoms with Crippen molar-refractivity contribution in [2.45, 2.75) is 37.6 Å². The van der Waals surface area contributed by atoms with Gasteiger partial charge in [-0.25, -0.2) is 18.1 Å². The first-order chi connectivity index (χ1) is 18.5. The number of amides is 2. The van der Waals surface area contributed by atoms with Crippen LogP contribution in [0.2, 0.25) is 0 Å². The summed E-state index contributed by atoms with van der Waals surface area (Å²) in [6, 6.07) is 4.12. The number of aliphatic hydroxyl groups is 1. The summed E-state index contributed by atoms with van der Waals surface area (Å²) in [5, 5.41) is 23.1. The number of sulfonamides is 1. The highest BCUT2D eigenvalue weighted by molar-refractivity contribution is 7.89. The molecule has 0 unspecified atom stereocenters. The predicted molar refractivity (Wildman–Crippen MR) is 137 cm³/mol. The number of anilines is 1. The quantitative estimate of drug-likeness (QED) is 0.349. The zero-order valence-electron chi connectivity index (χ0n) is 22.0. The van der Waals surface area contributed by atoms with Crippen LogP contribution in [0.15, 0.2) is 42.1 Å². The standard InChI is InChI=1S/C23H31N9O6S/c1-15-8-32(16(2)12-33)23(35)18-7-17(26-21(34)10-31-14-25-27-28-31)5-6-19(18)38-20(15)9-30(4)39(36,37)22-11-29(3)13-24-22/h5-7,11,13-16,20,33H,8-10,12H2,1-4H3,(H,26,34)/t15-,16-,20+/m0/s1. The maximum atomic E-state index is 13.6. The Labute approximate surface area is 225 Å². The Bertz CT molecular complexity index is 1430. The molecule has 0 radical (unpaired) electrons. The highest BCUT2D eigenvalue weighted by atomic mass is 32.2. The molecule has 39 heavy (non-hydrogen) atoms. The summed E-state index contributed by atoms with van der Waals surface area (Å²) in [4.78, 5) is 31.5. The van der Waals surface area contributed by atoms with Crippen molar-refractivity contribution in [3.05, 3.63) is 42.6 Å². The molecule has 1 aromatic carbocycles. The van der Waals surface area contributed by atoms with Crippen LogP contribution in [0.5, 0.6) is 5.75 Å². The van der Waals surface area contributed by atoms with Crippen LogP contribution >= 0.6 is 0 Å². The minimum Gasteiger partial charge on any atom is -0.488 e. The van der Waals surface area contributed by atoms with Gasteiger partial charge in [-0.2, -0.15) is 4.31 Å². The van der Waals surface area contributed by atoms with E-state index in [0.717, 1.165) is 0 Å². The van der Waals surface area contributed by atoms with Gasteiger partial charge in [0.15, 0.2) is 5.03 Å². The van der Waals surface area contributed by atoms with E-state index in [-0.39, 0.29) is 54.4 Å². The zero-order valence-corrected chi connectivity index (χ0v) is 22.8. The molecule has 15 nitrogen and oxygen atoms in total. The Morgan fingerprint density at radius 3 is 2.74 bits per heavy atom. The maximum absolute atomic E-state index is 13.6. The van der Waals surface area contributed by atoms with Gasteiger partial charge in [0.25, 0.3) is 15.9 Å². The van der Waals surface area contributed by atoms with Gasteiger partial charge in [0.2, 0.25) is 5.91 Å². The number of nitrogens with one attached hydrogen (secondary N) is 1. The number of nitrogens with zero attached hydrogens (tertiary/aromatic N) is 8. The third-order valence-corrected chi connectivity index (χ3v) is 8.15. The summed E-state index contributed by atoms with van der Waals surface area (Å²) in [6.45, 7) is 3.37. The van der Waals surface area contributed by atoms with E-state index in [1.54, 1.807) is 30.7 Å². The summed E-state index contributed by atoms with van der Waals surface area (Å²) in [5.74, 6) is -0.861. The number of aliphatic hydroxyl groups excluding tert-OH is 1. The molecule has 3 atom stereocenters. The van der Waals surface area contributed by atoms with Gasteiger partial charge in [-0.15, -0.1) is 5.10 Å². The molecule has 0 aliphatic carbocycles. The molecule has 3 heterocycles. The number of hydrogen-bond acceptors (Lipinski definition) is 10. The molecule has 0 fully saturated rings. The minimum atomic E-state index is -3.89. The molecule has 16 heteroatoms. The van der Waals surface area contributed by atoms with Crippen LogP contribution in [0, 0.1) is 5.92 Å². The highest BCUT2D eigenvalue weighted by Gasteiger charge is 2.35. The average molecular weight is 562 g/mol. The van der Waals surface area contributed by atoms with E-state index in [1.807, 2.05) is 6.92 Å². The van der Waals surface area contributed by atoms with Gasteiger partial charge >= 0.3 is 0 Å². The van der Waals surface area contributed by atoms with Gasteiger partial charge in [0.05, 0.1) is 31.1 Å². The minimum absolute atomic E-state index is 0.0144. The summed E-state index contributed by atoms with van der Waals surface area (Å²) in [5.41, 5.74) is 0.517. The van der Waals surface area contributed by atoms with Gasteiger partial charge in [-0.1, -0.05) is 6.92 Å². The second-order valence-corrected chi connectivity index (χ2v) is 11.5. The molecule has 210 valence electrons. The number of imidazole rings is 1. The van der Waals surface area contributed by atoms with E-state index in [2.05, 4.69) is 25.8 Å². The fraction of sp³-hybridized carbons (Fsp3) is 0.478. The van der Waals surface area contributed by atoms with Crippen molar-refractivity contribution in [2.24, 2.45) is 13.0 Å². The van der Waals surface area contributed by atoms with Crippen LogP contribution in [0.4, 0.5) is 5.69 Å². The summed E-state index contributed by atoms with van der Waals surface area (Å²) in [7, 11) is -0.762. The molecule has 4 rings (SSSR count). The van der Waals surface area contributed by atoms with Gasteiger partial charge in [-0.05, 0) is 35.5 Å². The van der Waals surface area contributed by atoms with Crippen LogP contribution in [-0.2, 0) is 28.4 Å². The van der Waals surface area contributed by atoms with Gasteiger partial charge < -0.3 is 24.6 Å². The molecule has 0 saturated carbocycles. The molecular weight excluding hydrogens is 530 g/mol. The van der Waals surface area contributed by atoms with Crippen molar-refractivity contribution in [2.75, 3.05) is 32.1 Å². The van der Waals surface area contributed by atoms with Crippen molar-refractivity contribution >= 4 is 27.5 Å². The summed E-state index contributed by atoms with van der Waals surface area (Å²) < 4.78 is 36.4. The summed E-state index contributed by atoms with van der Waals surface area (Å²) >= 11 is 0. The number of aryl methyl sites for hydroxylation is 1. The second kappa shape index (κ2) is 11.5. The van der Waals surface area contributed by atoms with Crippen LogP contribution < -0.4 is 10.1 Å². The maximum Gasteiger partial charge on any atom is 0.261 e. The molecule has 2 N–H and O–H groups in total. The third kappa shape index (κ3) is 6.23. The molecular formula is C23H31N9O6S. The molecule has 0 bridgehead atoms. The van der Waals surface area contributed by atoms with Crippen molar-refractivity contribution in [1.29, 1.82) is 0 Å². The number of rotatable bonds is 9. The molecule has 1 aliphatic rings. The van der Waals surface area contributed by atoms with Crippen LogP contribution in [0.25, 0.3) is 0 Å². The fourth-order valence-corrected chi connectivity index (χ4v) is 5.29. The first-order valence-electron chi connectivity index (χ1n) is 12.2. The number of hydrogen-bond donors (Lipinski definition) is 2. The van der Waals surface area contributed by atoms with Crippen molar-refractivity contribution in [3.63, 3.8) is 0 Å². The highest BCUT2D eigenvalue weighted by Crippen LogP contribution is 2.31. The fourth-order valence-electron chi connectivity index (χ4n) is 4.15. The number of likely N-dealkylation sites (N-methyl/N-ethyl adjacent to an activating group) is 1. The number of tetrazole rings is 1. The van der Waals surface area contributed by atoms with Gasteiger partial charge in [0.1, 0.15) is 24.7 Å². The molecule has 2 amide bonds. The van der Waals surface area contributed by atoms with E-state index in [1.165, 1.54) is 45.9 Å². The zero-order chi connectivity index (χ0) is 28.3. The predicted octanol–water partition coefficient (Wildman–Crippen LogP) is -0.414. The number of aromatic nitrogens is 6. The van der Waals surface area contributed by atoms with Gasteiger partial charge in [-0.3, -0.25) is 9.59 Å². The second-order valence-electron chi connectivity index (χ2n) is 9.55. The number of carbonyl (C=O) groups excluding carboxylic acids is 2. The van der Waals surface area contributed by atoms with Crippen molar-refractivity contribution < 1.29 is 27.9 Å². The monoisotopic (exact) mass is 561 g/mol. The van der Waals surface area contributed by atoms with Crippen molar-refractivity contribution in [1.82, 2.24) is 39.0 Å². The van der Waals surface area contributed by atoms with Crippen LogP contribution in [0.1, 0.15) is 24.2 Å². The van der Waals surface area contributed by atoms with E-state index < -0.39 is 28.1 Å². The molecule has 1 aliphatic heterocycles. The first-order valence-corrected chi connectivity index (χ1v) is 13.6. The third-order valence-electron chi connectivity index (χ3n) is 6.44. The average Bonchev–Trinajstić information content (AvgIpc) is 3.57. The number of fused-ring (bicyclic) bond motifs is 1. The Balaban J connectivity index is 1.62. The molecule has 2 aromatic heterocycles. The lowest BCUT2D eigenvalue weighted by Crippen LogP contribution is -2.50.